The molecule has 0 saturated heterocycles. The molecule has 1 aromatic rings. The molecule has 0 aliphatic heterocycles. The molecular formula is C13H19F3N2O. The van der Waals surface area contributed by atoms with Crippen LogP contribution >= 0.6 is 0 Å². The van der Waals surface area contributed by atoms with Crippen molar-refractivity contribution >= 4 is 11.4 Å². The summed E-state index contributed by atoms with van der Waals surface area (Å²) in [5.74, 6) is -1.42. The van der Waals surface area contributed by atoms with Gasteiger partial charge in [-0.3, -0.25) is 0 Å². The highest BCUT2D eigenvalue weighted by Gasteiger charge is 2.14. The largest absolute Gasteiger partial charge is 0.432 e. The first-order chi connectivity index (χ1) is 8.69. The first-order valence-corrected chi connectivity index (χ1v) is 5.97. The molecule has 0 aliphatic carbocycles. The maximum absolute atomic E-state index is 13.3. The Balaban J connectivity index is 2.77. The van der Waals surface area contributed by atoms with Crippen molar-refractivity contribution in [3.8, 4) is 5.75 Å². The maximum Gasteiger partial charge on any atom is 0.387 e. The van der Waals surface area contributed by atoms with Crippen molar-refractivity contribution in [1.82, 2.24) is 0 Å². The Kier molecular flexibility index (Phi) is 4.91. The van der Waals surface area contributed by atoms with E-state index >= 15 is 0 Å². The number of anilines is 2. The van der Waals surface area contributed by atoms with Crippen molar-refractivity contribution in [2.24, 2.45) is 5.41 Å². The van der Waals surface area contributed by atoms with Gasteiger partial charge in [0.2, 0.25) is 0 Å². The monoisotopic (exact) mass is 276 g/mol. The van der Waals surface area contributed by atoms with Crippen LogP contribution in [0.2, 0.25) is 0 Å². The van der Waals surface area contributed by atoms with E-state index in [-0.39, 0.29) is 11.1 Å². The Labute approximate surface area is 110 Å². The number of nitrogen functional groups attached to an aromatic ring is 1. The van der Waals surface area contributed by atoms with E-state index in [0.29, 0.717) is 12.2 Å². The number of nitrogens with two attached hydrogens (primary N) is 1. The Morgan fingerprint density at radius 3 is 2.47 bits per heavy atom. The molecule has 1 aromatic carbocycles. The number of rotatable bonds is 5. The summed E-state index contributed by atoms with van der Waals surface area (Å²) in [6, 6.07) is 2.12. The average Bonchev–Trinajstić information content (AvgIpc) is 2.22. The molecule has 0 amide bonds. The highest BCUT2D eigenvalue weighted by Crippen LogP contribution is 2.29. The minimum absolute atomic E-state index is 0.129. The van der Waals surface area contributed by atoms with Crippen LogP contribution in [0, 0.1) is 11.2 Å². The SMILES string of the molecule is CC(C)(C)CCNc1cc(OC(F)F)c(F)cc1N. The van der Waals surface area contributed by atoms with Gasteiger partial charge in [0.15, 0.2) is 11.6 Å². The van der Waals surface area contributed by atoms with Crippen molar-refractivity contribution in [3.05, 3.63) is 17.9 Å². The van der Waals surface area contributed by atoms with Crippen LogP contribution in [0.25, 0.3) is 0 Å². The van der Waals surface area contributed by atoms with E-state index in [0.717, 1.165) is 18.6 Å². The minimum atomic E-state index is -3.07. The summed E-state index contributed by atoms with van der Waals surface area (Å²) in [5.41, 5.74) is 6.30. The lowest BCUT2D eigenvalue weighted by atomic mass is 9.92. The highest BCUT2D eigenvalue weighted by molar-refractivity contribution is 5.68. The number of ether oxygens (including phenoxy) is 1. The summed E-state index contributed by atoms with van der Waals surface area (Å²) < 4.78 is 41.6. The van der Waals surface area contributed by atoms with Crippen LogP contribution in [0.15, 0.2) is 12.1 Å². The van der Waals surface area contributed by atoms with Crippen molar-refractivity contribution in [1.29, 1.82) is 0 Å². The molecular weight excluding hydrogens is 257 g/mol. The number of alkyl halides is 2. The first-order valence-electron chi connectivity index (χ1n) is 5.97. The van der Waals surface area contributed by atoms with E-state index in [1.54, 1.807) is 0 Å². The fourth-order valence-corrected chi connectivity index (χ4v) is 1.48. The van der Waals surface area contributed by atoms with E-state index < -0.39 is 18.2 Å². The summed E-state index contributed by atoms with van der Waals surface area (Å²) in [7, 11) is 0. The van der Waals surface area contributed by atoms with Crippen LogP contribution in [0.5, 0.6) is 5.75 Å². The van der Waals surface area contributed by atoms with Crippen molar-refractivity contribution < 1.29 is 17.9 Å². The number of hydrogen-bond acceptors (Lipinski definition) is 3. The zero-order valence-corrected chi connectivity index (χ0v) is 11.3. The molecule has 0 spiro atoms. The van der Waals surface area contributed by atoms with Crippen molar-refractivity contribution in [2.75, 3.05) is 17.6 Å². The Hall–Kier alpha value is -1.59. The average molecular weight is 276 g/mol. The molecule has 0 heterocycles. The summed E-state index contributed by atoms with van der Waals surface area (Å²) >= 11 is 0. The lowest BCUT2D eigenvalue weighted by Crippen LogP contribution is -2.14. The fourth-order valence-electron chi connectivity index (χ4n) is 1.48. The quantitative estimate of drug-likeness (QED) is 0.803. The molecule has 0 aromatic heterocycles. The number of nitrogens with one attached hydrogen (secondary N) is 1. The van der Waals surface area contributed by atoms with Gasteiger partial charge in [-0.15, -0.1) is 0 Å². The third-order valence-electron chi connectivity index (χ3n) is 2.51. The molecule has 0 saturated carbocycles. The van der Waals surface area contributed by atoms with Gasteiger partial charge in [-0.05, 0) is 11.8 Å². The second kappa shape index (κ2) is 6.04. The van der Waals surface area contributed by atoms with Crippen LogP contribution in [-0.4, -0.2) is 13.2 Å². The minimum Gasteiger partial charge on any atom is -0.432 e. The highest BCUT2D eigenvalue weighted by atomic mass is 19.3. The van der Waals surface area contributed by atoms with Crippen LogP contribution in [0.4, 0.5) is 24.5 Å². The van der Waals surface area contributed by atoms with E-state index in [9.17, 15) is 13.2 Å². The van der Waals surface area contributed by atoms with E-state index in [2.05, 4.69) is 30.8 Å². The molecule has 0 aliphatic rings. The number of halogens is 3. The van der Waals surface area contributed by atoms with Crippen molar-refractivity contribution in [3.63, 3.8) is 0 Å². The zero-order valence-electron chi connectivity index (χ0n) is 11.3. The molecule has 3 nitrogen and oxygen atoms in total. The summed E-state index contributed by atoms with van der Waals surface area (Å²) in [6.45, 7) is 3.77. The molecule has 0 atom stereocenters. The Morgan fingerprint density at radius 1 is 1.32 bits per heavy atom. The van der Waals surface area contributed by atoms with Crippen LogP contribution in [-0.2, 0) is 0 Å². The Bertz CT molecular complexity index is 431. The second-order valence-corrected chi connectivity index (χ2v) is 5.49. The lowest BCUT2D eigenvalue weighted by molar-refractivity contribution is -0.0521. The molecule has 0 radical (unpaired) electrons. The third kappa shape index (κ3) is 5.28. The molecule has 0 fully saturated rings. The fraction of sp³-hybridized carbons (Fsp3) is 0.538. The summed E-state index contributed by atoms with van der Waals surface area (Å²) in [4.78, 5) is 0. The second-order valence-electron chi connectivity index (χ2n) is 5.49. The first kappa shape index (κ1) is 15.5. The molecule has 0 bridgehead atoms. The van der Waals surface area contributed by atoms with Crippen LogP contribution in [0.1, 0.15) is 27.2 Å². The lowest BCUT2D eigenvalue weighted by Gasteiger charge is -2.19. The standard InChI is InChI=1S/C13H19F3N2O/c1-13(2,3)4-5-18-10-7-11(19-12(15)16)8(14)6-9(10)17/h6-7,12,18H,4-5,17H2,1-3H3. The van der Waals surface area contributed by atoms with Gasteiger partial charge in [0, 0.05) is 18.7 Å². The Morgan fingerprint density at radius 2 is 1.95 bits per heavy atom. The van der Waals surface area contributed by atoms with Gasteiger partial charge in [0.05, 0.1) is 11.4 Å². The van der Waals surface area contributed by atoms with E-state index in [1.807, 2.05) is 0 Å². The van der Waals surface area contributed by atoms with Gasteiger partial charge in [-0.2, -0.15) is 8.78 Å². The van der Waals surface area contributed by atoms with Gasteiger partial charge in [-0.1, -0.05) is 20.8 Å². The van der Waals surface area contributed by atoms with E-state index in [1.165, 1.54) is 0 Å². The topological polar surface area (TPSA) is 47.3 Å². The molecule has 1 rings (SSSR count). The predicted octanol–water partition coefficient (Wildman–Crippen LogP) is 3.86. The predicted molar refractivity (Wildman–Crippen MR) is 70.0 cm³/mol. The van der Waals surface area contributed by atoms with Crippen molar-refractivity contribution in [2.45, 2.75) is 33.8 Å². The molecule has 3 N–H and O–H groups in total. The van der Waals surface area contributed by atoms with Crippen LogP contribution < -0.4 is 15.8 Å². The smallest absolute Gasteiger partial charge is 0.387 e. The van der Waals surface area contributed by atoms with Gasteiger partial charge in [0.25, 0.3) is 0 Å². The maximum atomic E-state index is 13.3. The van der Waals surface area contributed by atoms with E-state index in [4.69, 9.17) is 5.73 Å². The molecule has 19 heavy (non-hydrogen) atoms. The zero-order chi connectivity index (χ0) is 14.6. The number of benzene rings is 1. The normalized spacial score (nSPS) is 11.7. The van der Waals surface area contributed by atoms with Crippen LogP contribution in [0.3, 0.4) is 0 Å². The molecule has 108 valence electrons. The summed E-state index contributed by atoms with van der Waals surface area (Å²) in [5, 5.41) is 2.99. The number of hydrogen-bond donors (Lipinski definition) is 2. The molecule has 6 heteroatoms. The van der Waals surface area contributed by atoms with Gasteiger partial charge in [-0.25, -0.2) is 4.39 Å². The molecule has 0 unspecified atom stereocenters. The van der Waals surface area contributed by atoms with Gasteiger partial charge < -0.3 is 15.8 Å². The summed E-state index contributed by atoms with van der Waals surface area (Å²) in [6.07, 6.45) is 0.856. The van der Waals surface area contributed by atoms with Gasteiger partial charge >= 0.3 is 6.61 Å². The van der Waals surface area contributed by atoms with Gasteiger partial charge in [0.1, 0.15) is 0 Å². The third-order valence-corrected chi connectivity index (χ3v) is 2.51.